The van der Waals surface area contributed by atoms with E-state index in [9.17, 15) is 14.4 Å². The van der Waals surface area contributed by atoms with Crippen molar-refractivity contribution < 1.29 is 14.4 Å². The molecule has 40 heavy (non-hydrogen) atoms. The van der Waals surface area contributed by atoms with E-state index in [2.05, 4.69) is 51.9 Å². The molecule has 2 saturated heterocycles. The van der Waals surface area contributed by atoms with Crippen LogP contribution in [0.5, 0.6) is 0 Å². The normalized spacial score (nSPS) is 20.2. The fourth-order valence-corrected chi connectivity index (χ4v) is 5.72. The number of likely N-dealkylation sites (tertiary alicyclic amines) is 1. The smallest absolute Gasteiger partial charge is 0.253 e. The number of rotatable bonds is 10. The van der Waals surface area contributed by atoms with Gasteiger partial charge >= 0.3 is 0 Å². The summed E-state index contributed by atoms with van der Waals surface area (Å²) in [6.07, 6.45) is 3.46. The summed E-state index contributed by atoms with van der Waals surface area (Å²) < 4.78 is 0. The lowest BCUT2D eigenvalue weighted by Gasteiger charge is -2.39. The average Bonchev–Trinajstić information content (AvgIpc) is 2.98. The molecule has 208 valence electrons. The minimum Gasteiger partial charge on any atom is -0.351 e. The van der Waals surface area contributed by atoms with Gasteiger partial charge in [0.15, 0.2) is 6.04 Å². The summed E-state index contributed by atoms with van der Waals surface area (Å²) in [6, 6.07) is 28.2. The quantitative estimate of drug-likeness (QED) is 0.388. The molecule has 2 heterocycles. The summed E-state index contributed by atoms with van der Waals surface area (Å²) in [4.78, 5) is 44.4. The summed E-state index contributed by atoms with van der Waals surface area (Å²) in [7, 11) is 0. The van der Waals surface area contributed by atoms with Crippen LogP contribution in [0.4, 0.5) is 0 Å². The van der Waals surface area contributed by atoms with Gasteiger partial charge in [-0.25, -0.2) is 0 Å². The molecule has 0 spiro atoms. The van der Waals surface area contributed by atoms with Gasteiger partial charge in [-0.3, -0.25) is 19.3 Å². The van der Waals surface area contributed by atoms with E-state index in [1.54, 1.807) is 0 Å². The highest BCUT2D eigenvalue weighted by Crippen LogP contribution is 2.18. The third kappa shape index (κ3) is 7.16. The van der Waals surface area contributed by atoms with Crippen LogP contribution < -0.4 is 10.6 Å². The van der Waals surface area contributed by atoms with Crippen LogP contribution in [-0.4, -0.2) is 65.3 Å². The van der Waals surface area contributed by atoms with E-state index in [4.69, 9.17) is 0 Å². The Kier molecular flexibility index (Phi) is 9.24. The average molecular weight is 539 g/mol. The predicted molar refractivity (Wildman–Crippen MR) is 155 cm³/mol. The first-order valence-corrected chi connectivity index (χ1v) is 14.3. The van der Waals surface area contributed by atoms with Gasteiger partial charge in [0, 0.05) is 38.6 Å². The largest absolute Gasteiger partial charge is 0.351 e. The molecule has 3 aromatic carbocycles. The van der Waals surface area contributed by atoms with Crippen molar-refractivity contribution in [3.63, 3.8) is 0 Å². The van der Waals surface area contributed by atoms with Gasteiger partial charge in [-0.05, 0) is 42.4 Å². The number of carbonyl (C=O) groups is 3. The van der Waals surface area contributed by atoms with Gasteiger partial charge < -0.3 is 15.5 Å². The Hall–Kier alpha value is -3.97. The fourth-order valence-electron chi connectivity index (χ4n) is 5.72. The van der Waals surface area contributed by atoms with Crippen LogP contribution in [0.3, 0.4) is 0 Å². The lowest BCUT2D eigenvalue weighted by molar-refractivity contribution is -0.154. The molecule has 7 nitrogen and oxygen atoms in total. The molecule has 2 unspecified atom stereocenters. The van der Waals surface area contributed by atoms with Crippen molar-refractivity contribution >= 4 is 17.7 Å². The molecule has 0 radical (unpaired) electrons. The van der Waals surface area contributed by atoms with Crippen molar-refractivity contribution in [2.24, 2.45) is 0 Å². The molecule has 2 aliphatic rings. The maximum Gasteiger partial charge on any atom is 0.253 e. The molecule has 3 amide bonds. The number of amides is 3. The maximum atomic E-state index is 13.7. The molecule has 0 saturated carbocycles. The van der Waals surface area contributed by atoms with Crippen LogP contribution >= 0.6 is 0 Å². The first-order valence-electron chi connectivity index (χ1n) is 14.3. The molecule has 0 aromatic heterocycles. The van der Waals surface area contributed by atoms with Gasteiger partial charge in [0.1, 0.15) is 6.04 Å². The maximum absolute atomic E-state index is 13.7. The number of carbonyl (C=O) groups excluding carboxylic acids is 3. The third-order valence-electron chi connectivity index (χ3n) is 7.88. The number of benzene rings is 3. The van der Waals surface area contributed by atoms with Gasteiger partial charge in [0.2, 0.25) is 5.91 Å². The minimum absolute atomic E-state index is 0.0179. The van der Waals surface area contributed by atoms with E-state index in [-0.39, 0.29) is 17.9 Å². The van der Waals surface area contributed by atoms with Gasteiger partial charge in [-0.1, -0.05) is 91.0 Å². The Morgan fingerprint density at radius 1 is 0.800 bits per heavy atom. The molecule has 7 heteroatoms. The molecule has 2 N–H and O–H groups in total. The summed E-state index contributed by atoms with van der Waals surface area (Å²) >= 11 is 0. The van der Waals surface area contributed by atoms with E-state index in [0.29, 0.717) is 19.4 Å². The highest BCUT2D eigenvalue weighted by atomic mass is 16.2. The second-order valence-corrected chi connectivity index (χ2v) is 10.8. The molecule has 5 rings (SSSR count). The van der Waals surface area contributed by atoms with Crippen LogP contribution in [0, 0.1) is 0 Å². The fraction of sp³-hybridized carbons (Fsp3) is 0.364. The molecular weight excluding hydrogens is 500 g/mol. The Morgan fingerprint density at radius 3 is 2.00 bits per heavy atom. The Morgan fingerprint density at radius 2 is 1.38 bits per heavy atom. The highest BCUT2D eigenvalue weighted by Gasteiger charge is 2.44. The van der Waals surface area contributed by atoms with Gasteiger partial charge in [-0.2, -0.15) is 0 Å². The Bertz CT molecular complexity index is 1260. The van der Waals surface area contributed by atoms with E-state index in [1.165, 1.54) is 16.0 Å². The number of nitrogens with one attached hydrogen (secondary N) is 2. The van der Waals surface area contributed by atoms with Crippen molar-refractivity contribution in [1.82, 2.24) is 20.4 Å². The number of hydrogen-bond donors (Lipinski definition) is 2. The number of piperidine rings is 1. The SMILES string of the molecule is O=C(NC1CCN(Cc2ccccc2)CC1)C1C(=O)NC(Cc2ccccc2)C(=O)N1CCCc1ccccc1. The zero-order chi connectivity index (χ0) is 27.7. The summed E-state index contributed by atoms with van der Waals surface area (Å²) in [5.74, 6) is -0.987. The first kappa shape index (κ1) is 27.6. The molecular formula is C33H38N4O3. The van der Waals surface area contributed by atoms with E-state index in [1.807, 2.05) is 54.6 Å². The van der Waals surface area contributed by atoms with Crippen LogP contribution in [0.25, 0.3) is 0 Å². The molecule has 0 bridgehead atoms. The minimum atomic E-state index is -1.15. The van der Waals surface area contributed by atoms with Crippen molar-refractivity contribution in [1.29, 1.82) is 0 Å². The predicted octanol–water partition coefficient (Wildman–Crippen LogP) is 3.34. The number of piperazine rings is 1. The van der Waals surface area contributed by atoms with Crippen molar-refractivity contribution in [2.45, 2.75) is 56.8 Å². The van der Waals surface area contributed by atoms with Crippen LogP contribution in [0.2, 0.25) is 0 Å². The lowest BCUT2D eigenvalue weighted by atomic mass is 9.98. The summed E-state index contributed by atoms with van der Waals surface area (Å²) in [6.45, 7) is 2.98. The van der Waals surface area contributed by atoms with Gasteiger partial charge in [0.05, 0.1) is 0 Å². The standard InChI is InChI=1S/C33H38N4O3/c38-31(34-28-18-21-36(22-19-28)24-27-15-8-3-9-16-27)30-32(39)35-29(23-26-13-6-2-7-14-26)33(40)37(30)20-10-17-25-11-4-1-5-12-25/h1-9,11-16,28-30H,10,17-24H2,(H,34,38)(H,35,39). The molecule has 2 aliphatic heterocycles. The number of nitrogens with zero attached hydrogens (tertiary/aromatic N) is 2. The van der Waals surface area contributed by atoms with E-state index in [0.717, 1.165) is 44.5 Å². The van der Waals surface area contributed by atoms with E-state index >= 15 is 0 Å². The first-order chi connectivity index (χ1) is 19.6. The zero-order valence-electron chi connectivity index (χ0n) is 22.9. The second kappa shape index (κ2) is 13.4. The Balaban J connectivity index is 1.22. The van der Waals surface area contributed by atoms with Crippen LogP contribution in [0.1, 0.15) is 36.0 Å². The zero-order valence-corrected chi connectivity index (χ0v) is 22.9. The Labute approximate surface area is 236 Å². The van der Waals surface area contributed by atoms with Crippen molar-refractivity contribution in [2.75, 3.05) is 19.6 Å². The van der Waals surface area contributed by atoms with Crippen LogP contribution in [-0.2, 0) is 33.8 Å². The molecule has 0 aliphatic carbocycles. The molecule has 3 aromatic rings. The molecule has 2 fully saturated rings. The van der Waals surface area contributed by atoms with E-state index < -0.39 is 18.0 Å². The summed E-state index contributed by atoms with van der Waals surface area (Å²) in [5, 5.41) is 5.96. The second-order valence-electron chi connectivity index (χ2n) is 10.8. The lowest BCUT2D eigenvalue weighted by Crippen LogP contribution is -2.68. The number of hydrogen-bond acceptors (Lipinski definition) is 4. The number of aryl methyl sites for hydroxylation is 1. The topological polar surface area (TPSA) is 81.8 Å². The van der Waals surface area contributed by atoms with Crippen molar-refractivity contribution in [3.8, 4) is 0 Å². The van der Waals surface area contributed by atoms with Gasteiger partial charge in [0.25, 0.3) is 11.8 Å². The monoisotopic (exact) mass is 538 g/mol. The molecule has 2 atom stereocenters. The highest BCUT2D eigenvalue weighted by molar-refractivity contribution is 6.10. The summed E-state index contributed by atoms with van der Waals surface area (Å²) in [5.41, 5.74) is 3.41. The van der Waals surface area contributed by atoms with Crippen molar-refractivity contribution in [3.05, 3.63) is 108 Å². The third-order valence-corrected chi connectivity index (χ3v) is 7.88. The van der Waals surface area contributed by atoms with Gasteiger partial charge in [-0.15, -0.1) is 0 Å². The van der Waals surface area contributed by atoms with Crippen LogP contribution in [0.15, 0.2) is 91.0 Å².